The summed E-state index contributed by atoms with van der Waals surface area (Å²) in [6, 6.07) is 5.05. The SMILES string of the molecule is COCCN(c1ccc([N+](=O)[O-])c(N)c1)C(C)C. The molecule has 0 aliphatic carbocycles. The molecule has 1 aromatic carbocycles. The molecule has 2 N–H and O–H groups in total. The summed E-state index contributed by atoms with van der Waals surface area (Å²) in [5.41, 5.74) is 6.68. The Bertz CT molecular complexity index is 421. The van der Waals surface area contributed by atoms with Crippen molar-refractivity contribution < 1.29 is 9.66 Å². The lowest BCUT2D eigenvalue weighted by atomic mass is 10.2. The Morgan fingerprint density at radius 2 is 2.17 bits per heavy atom. The van der Waals surface area contributed by atoms with E-state index in [-0.39, 0.29) is 17.4 Å². The Labute approximate surface area is 106 Å². The highest BCUT2D eigenvalue weighted by Crippen LogP contribution is 2.27. The van der Waals surface area contributed by atoms with Gasteiger partial charge >= 0.3 is 0 Å². The molecule has 0 amide bonds. The van der Waals surface area contributed by atoms with E-state index < -0.39 is 4.92 Å². The van der Waals surface area contributed by atoms with Crippen molar-refractivity contribution in [3.63, 3.8) is 0 Å². The van der Waals surface area contributed by atoms with Gasteiger partial charge in [-0.1, -0.05) is 0 Å². The summed E-state index contributed by atoms with van der Waals surface area (Å²) in [7, 11) is 1.64. The van der Waals surface area contributed by atoms with Gasteiger partial charge in [-0.25, -0.2) is 0 Å². The summed E-state index contributed by atoms with van der Waals surface area (Å²) in [6.07, 6.45) is 0. The first kappa shape index (κ1) is 14.2. The minimum absolute atomic E-state index is 0.0609. The van der Waals surface area contributed by atoms with Crippen molar-refractivity contribution >= 4 is 17.1 Å². The van der Waals surface area contributed by atoms with Gasteiger partial charge < -0.3 is 15.4 Å². The number of nitrogens with zero attached hydrogens (tertiary/aromatic N) is 2. The fourth-order valence-corrected chi connectivity index (χ4v) is 1.76. The molecular weight excluding hydrogens is 234 g/mol. The van der Waals surface area contributed by atoms with Gasteiger partial charge in [-0.05, 0) is 26.0 Å². The van der Waals surface area contributed by atoms with Gasteiger partial charge in [0.2, 0.25) is 0 Å². The molecule has 0 radical (unpaired) electrons. The van der Waals surface area contributed by atoms with Crippen molar-refractivity contribution in [2.75, 3.05) is 30.9 Å². The minimum atomic E-state index is -0.478. The maximum atomic E-state index is 10.7. The monoisotopic (exact) mass is 253 g/mol. The van der Waals surface area contributed by atoms with Crippen LogP contribution in [0.15, 0.2) is 18.2 Å². The lowest BCUT2D eigenvalue weighted by molar-refractivity contribution is -0.383. The summed E-state index contributed by atoms with van der Waals surface area (Å²) >= 11 is 0. The second kappa shape index (κ2) is 6.20. The molecule has 0 heterocycles. The van der Waals surface area contributed by atoms with Crippen LogP contribution in [0.3, 0.4) is 0 Å². The number of ether oxygens (including phenoxy) is 1. The molecule has 0 aromatic heterocycles. The van der Waals surface area contributed by atoms with E-state index in [1.165, 1.54) is 6.07 Å². The largest absolute Gasteiger partial charge is 0.393 e. The average Bonchev–Trinajstić information content (AvgIpc) is 2.28. The van der Waals surface area contributed by atoms with Crippen molar-refractivity contribution in [2.45, 2.75) is 19.9 Å². The lowest BCUT2D eigenvalue weighted by Crippen LogP contribution is -2.33. The highest BCUT2D eigenvalue weighted by atomic mass is 16.6. The van der Waals surface area contributed by atoms with E-state index >= 15 is 0 Å². The van der Waals surface area contributed by atoms with E-state index in [2.05, 4.69) is 4.90 Å². The van der Waals surface area contributed by atoms with Gasteiger partial charge in [0.05, 0.1) is 11.5 Å². The molecule has 0 bridgehead atoms. The third kappa shape index (κ3) is 3.33. The maximum Gasteiger partial charge on any atom is 0.292 e. The number of hydrogen-bond acceptors (Lipinski definition) is 5. The molecule has 6 heteroatoms. The molecule has 1 rings (SSSR count). The Kier molecular flexibility index (Phi) is 4.91. The number of anilines is 2. The fraction of sp³-hybridized carbons (Fsp3) is 0.500. The number of hydrogen-bond donors (Lipinski definition) is 1. The highest BCUT2D eigenvalue weighted by Gasteiger charge is 2.15. The topological polar surface area (TPSA) is 81.6 Å². The summed E-state index contributed by atoms with van der Waals surface area (Å²) in [6.45, 7) is 5.40. The Morgan fingerprint density at radius 3 is 2.61 bits per heavy atom. The Morgan fingerprint density at radius 1 is 1.50 bits per heavy atom. The van der Waals surface area contributed by atoms with Gasteiger partial charge in [-0.3, -0.25) is 10.1 Å². The summed E-state index contributed by atoms with van der Waals surface area (Å²) in [5, 5.41) is 10.7. The maximum absolute atomic E-state index is 10.7. The number of nitrogens with two attached hydrogens (primary N) is 1. The number of nitro benzene ring substituents is 1. The van der Waals surface area contributed by atoms with Crippen molar-refractivity contribution in [3.8, 4) is 0 Å². The minimum Gasteiger partial charge on any atom is -0.393 e. The zero-order valence-corrected chi connectivity index (χ0v) is 10.9. The lowest BCUT2D eigenvalue weighted by Gasteiger charge is -2.28. The van der Waals surface area contributed by atoms with Gasteiger partial charge in [0, 0.05) is 31.5 Å². The molecule has 0 fully saturated rings. The Balaban J connectivity index is 2.99. The smallest absolute Gasteiger partial charge is 0.292 e. The zero-order chi connectivity index (χ0) is 13.7. The van der Waals surface area contributed by atoms with Crippen LogP contribution in [0.5, 0.6) is 0 Å². The first-order chi connectivity index (χ1) is 8.47. The van der Waals surface area contributed by atoms with Gasteiger partial charge in [-0.2, -0.15) is 0 Å². The number of rotatable bonds is 6. The molecule has 0 aliphatic rings. The number of benzene rings is 1. The highest BCUT2D eigenvalue weighted by molar-refractivity contribution is 5.66. The van der Waals surface area contributed by atoms with Crippen LogP contribution in [0.2, 0.25) is 0 Å². The van der Waals surface area contributed by atoms with E-state index in [0.717, 1.165) is 5.69 Å². The molecule has 0 saturated carbocycles. The quantitative estimate of drug-likeness (QED) is 0.476. The third-order valence-corrected chi connectivity index (χ3v) is 2.70. The van der Waals surface area contributed by atoms with E-state index in [1.807, 2.05) is 13.8 Å². The predicted molar refractivity (Wildman–Crippen MR) is 71.9 cm³/mol. The molecule has 6 nitrogen and oxygen atoms in total. The van der Waals surface area contributed by atoms with Gasteiger partial charge in [0.1, 0.15) is 5.69 Å². The van der Waals surface area contributed by atoms with Crippen LogP contribution in [-0.4, -0.2) is 31.2 Å². The summed E-state index contributed by atoms with van der Waals surface area (Å²) < 4.78 is 5.06. The number of nitrogen functional groups attached to an aromatic ring is 1. The fourth-order valence-electron chi connectivity index (χ4n) is 1.76. The number of methoxy groups -OCH3 is 1. The molecule has 0 saturated heterocycles. The van der Waals surface area contributed by atoms with Crippen LogP contribution in [0, 0.1) is 10.1 Å². The number of nitro groups is 1. The normalized spacial score (nSPS) is 10.7. The molecule has 1 aromatic rings. The average molecular weight is 253 g/mol. The zero-order valence-electron chi connectivity index (χ0n) is 10.9. The molecule has 0 aliphatic heterocycles. The van der Waals surface area contributed by atoms with Crippen LogP contribution < -0.4 is 10.6 Å². The second-order valence-electron chi connectivity index (χ2n) is 4.28. The van der Waals surface area contributed by atoms with Crippen LogP contribution >= 0.6 is 0 Å². The first-order valence-electron chi connectivity index (χ1n) is 5.77. The van der Waals surface area contributed by atoms with E-state index in [4.69, 9.17) is 10.5 Å². The summed E-state index contributed by atoms with van der Waals surface area (Å²) in [4.78, 5) is 12.3. The molecule has 100 valence electrons. The van der Waals surface area contributed by atoms with Gasteiger partial charge in [-0.15, -0.1) is 0 Å². The van der Waals surface area contributed by atoms with Crippen molar-refractivity contribution in [1.29, 1.82) is 0 Å². The Hall–Kier alpha value is -1.82. The van der Waals surface area contributed by atoms with Crippen LogP contribution in [0.25, 0.3) is 0 Å². The van der Waals surface area contributed by atoms with Crippen molar-refractivity contribution in [2.24, 2.45) is 0 Å². The van der Waals surface area contributed by atoms with Crippen LogP contribution in [0.1, 0.15) is 13.8 Å². The second-order valence-corrected chi connectivity index (χ2v) is 4.28. The molecule has 0 atom stereocenters. The summed E-state index contributed by atoms with van der Waals surface area (Å²) in [5.74, 6) is 0. The van der Waals surface area contributed by atoms with Crippen molar-refractivity contribution in [3.05, 3.63) is 28.3 Å². The third-order valence-electron chi connectivity index (χ3n) is 2.70. The standard InChI is InChI=1S/C12H19N3O3/c1-9(2)14(6-7-18-3)10-4-5-12(15(16)17)11(13)8-10/h4-5,8-9H,6-7,13H2,1-3H3. The molecule has 0 unspecified atom stereocenters. The molecular formula is C12H19N3O3. The van der Waals surface area contributed by atoms with E-state index in [1.54, 1.807) is 19.2 Å². The van der Waals surface area contributed by atoms with E-state index in [9.17, 15) is 10.1 Å². The van der Waals surface area contributed by atoms with Crippen LogP contribution in [0.4, 0.5) is 17.1 Å². The predicted octanol–water partition coefficient (Wildman–Crippen LogP) is 2.04. The molecule has 18 heavy (non-hydrogen) atoms. The van der Waals surface area contributed by atoms with Crippen molar-refractivity contribution in [1.82, 2.24) is 0 Å². The first-order valence-corrected chi connectivity index (χ1v) is 5.77. The van der Waals surface area contributed by atoms with Gasteiger partial charge in [0.25, 0.3) is 5.69 Å². The van der Waals surface area contributed by atoms with Gasteiger partial charge in [0.15, 0.2) is 0 Å². The van der Waals surface area contributed by atoms with Crippen LogP contribution in [-0.2, 0) is 4.74 Å². The van der Waals surface area contributed by atoms with E-state index in [0.29, 0.717) is 13.2 Å². The molecule has 0 spiro atoms.